The fourth-order valence-electron chi connectivity index (χ4n) is 3.03. The average molecular weight is 417 g/mol. The largest absolute Gasteiger partial charge is 0.399 e. The van der Waals surface area contributed by atoms with Crippen LogP contribution in [0.2, 0.25) is 5.02 Å². The molecule has 0 unspecified atom stereocenters. The van der Waals surface area contributed by atoms with Crippen molar-refractivity contribution in [3.8, 4) is 0 Å². The van der Waals surface area contributed by atoms with Gasteiger partial charge in [-0.25, -0.2) is 0 Å². The van der Waals surface area contributed by atoms with Crippen LogP contribution in [0.5, 0.6) is 0 Å². The molecular weight excluding hydrogens is 393 g/mol. The van der Waals surface area contributed by atoms with Gasteiger partial charge in [0.1, 0.15) is 0 Å². The first-order chi connectivity index (χ1) is 11.6. The predicted molar refractivity (Wildman–Crippen MR) is 115 cm³/mol. The molecule has 0 spiro atoms. The smallest absolute Gasteiger partial charge is 0.228 e. The Morgan fingerprint density at radius 2 is 1.69 bits per heavy atom. The number of carbonyl (C=O) groups is 1. The molecule has 26 heavy (non-hydrogen) atoms. The topological polar surface area (TPSA) is 58.4 Å². The molecule has 3 N–H and O–H groups in total. The van der Waals surface area contributed by atoms with Crippen LogP contribution in [0.1, 0.15) is 24.8 Å². The summed E-state index contributed by atoms with van der Waals surface area (Å²) in [6.07, 6.45) is 3.94. The highest BCUT2D eigenvalue weighted by molar-refractivity contribution is 6.31. The number of carbonyl (C=O) groups excluding carboxylic acids is 1. The van der Waals surface area contributed by atoms with E-state index in [9.17, 15) is 4.79 Å². The number of nitrogens with zero attached hydrogens (tertiary/aromatic N) is 1. The Labute approximate surface area is 171 Å². The number of nitrogens with one attached hydrogen (secondary N) is 1. The second kappa shape index (κ2) is 10.5. The minimum atomic E-state index is -0.0553. The van der Waals surface area contributed by atoms with Gasteiger partial charge >= 0.3 is 0 Å². The van der Waals surface area contributed by atoms with Gasteiger partial charge in [0.15, 0.2) is 0 Å². The Hall–Kier alpha value is -1.62. The highest BCUT2D eigenvalue weighted by atomic mass is 35.5. The Balaban J connectivity index is 0.00000169. The molecule has 1 heterocycles. The molecule has 0 saturated carbocycles. The molecule has 1 aliphatic heterocycles. The molecule has 3 rings (SSSR count). The molecule has 0 bridgehead atoms. The molecular formula is C19H24Cl3N3O. The Bertz CT molecular complexity index is 716. The van der Waals surface area contributed by atoms with Gasteiger partial charge in [0, 0.05) is 23.8 Å². The van der Waals surface area contributed by atoms with Gasteiger partial charge in [-0.1, -0.05) is 23.7 Å². The number of anilines is 3. The van der Waals surface area contributed by atoms with E-state index in [1.54, 1.807) is 12.1 Å². The van der Waals surface area contributed by atoms with Gasteiger partial charge in [0.2, 0.25) is 5.91 Å². The highest BCUT2D eigenvalue weighted by Crippen LogP contribution is 2.31. The fourth-order valence-corrected chi connectivity index (χ4v) is 3.21. The first-order valence-electron chi connectivity index (χ1n) is 8.30. The third kappa shape index (κ3) is 5.97. The number of hydrogen-bond acceptors (Lipinski definition) is 3. The molecule has 4 nitrogen and oxygen atoms in total. The molecule has 1 saturated heterocycles. The van der Waals surface area contributed by atoms with E-state index < -0.39 is 0 Å². The second-order valence-electron chi connectivity index (χ2n) is 6.18. The molecule has 1 aliphatic rings. The number of piperidine rings is 1. The molecule has 2 aromatic carbocycles. The van der Waals surface area contributed by atoms with Crippen molar-refractivity contribution in [3.05, 3.63) is 53.1 Å². The van der Waals surface area contributed by atoms with Crippen molar-refractivity contribution in [3.63, 3.8) is 0 Å². The Morgan fingerprint density at radius 3 is 2.35 bits per heavy atom. The van der Waals surface area contributed by atoms with E-state index in [0.29, 0.717) is 17.1 Å². The van der Waals surface area contributed by atoms with Gasteiger partial charge in [-0.3, -0.25) is 4.79 Å². The average Bonchev–Trinajstić information content (AvgIpc) is 2.58. The number of nitrogens with two attached hydrogens (primary N) is 1. The number of benzene rings is 2. The minimum absolute atomic E-state index is 0. The maximum atomic E-state index is 12.4. The summed E-state index contributed by atoms with van der Waals surface area (Å²) >= 11 is 6.13. The van der Waals surface area contributed by atoms with Crippen molar-refractivity contribution in [2.75, 3.05) is 29.0 Å². The lowest BCUT2D eigenvalue weighted by atomic mass is 10.1. The normalized spacial score (nSPS) is 13.3. The summed E-state index contributed by atoms with van der Waals surface area (Å²) < 4.78 is 0. The second-order valence-corrected chi connectivity index (χ2v) is 6.61. The lowest BCUT2D eigenvalue weighted by Crippen LogP contribution is -2.30. The molecule has 0 radical (unpaired) electrons. The summed E-state index contributed by atoms with van der Waals surface area (Å²) in [6.45, 7) is 2.03. The number of rotatable bonds is 4. The molecule has 0 aromatic heterocycles. The van der Waals surface area contributed by atoms with E-state index in [1.165, 1.54) is 19.3 Å². The van der Waals surface area contributed by atoms with E-state index >= 15 is 0 Å². The zero-order chi connectivity index (χ0) is 16.9. The van der Waals surface area contributed by atoms with Gasteiger partial charge in [-0.15, -0.1) is 24.8 Å². The van der Waals surface area contributed by atoms with E-state index in [2.05, 4.69) is 10.2 Å². The standard InChI is InChI=1S/C19H22ClN3O.2ClH/c20-15-6-9-18(23-10-2-1-3-11-23)17(13-15)22-19(24)12-14-4-7-16(21)8-5-14;;/h4-9,13H,1-3,10-12,21H2,(H,22,24);2*1H. The quantitative estimate of drug-likeness (QED) is 0.694. The molecule has 142 valence electrons. The van der Waals surface area contributed by atoms with Gasteiger partial charge in [0.05, 0.1) is 17.8 Å². The van der Waals surface area contributed by atoms with Crippen molar-refractivity contribution in [2.45, 2.75) is 25.7 Å². The maximum Gasteiger partial charge on any atom is 0.228 e. The van der Waals surface area contributed by atoms with Crippen LogP contribution in [0.4, 0.5) is 17.1 Å². The van der Waals surface area contributed by atoms with Crippen molar-refractivity contribution in [2.24, 2.45) is 0 Å². The van der Waals surface area contributed by atoms with Gasteiger partial charge in [-0.2, -0.15) is 0 Å². The van der Waals surface area contributed by atoms with Crippen LogP contribution in [-0.4, -0.2) is 19.0 Å². The van der Waals surface area contributed by atoms with Crippen LogP contribution in [0.25, 0.3) is 0 Å². The third-order valence-corrected chi connectivity index (χ3v) is 4.51. The van der Waals surface area contributed by atoms with Crippen LogP contribution in [0, 0.1) is 0 Å². The summed E-state index contributed by atoms with van der Waals surface area (Å²) in [5.41, 5.74) is 9.14. The SMILES string of the molecule is Cl.Cl.Nc1ccc(CC(=O)Nc2cc(Cl)ccc2N2CCCCC2)cc1. The summed E-state index contributed by atoms with van der Waals surface area (Å²) in [6, 6.07) is 13.1. The van der Waals surface area contributed by atoms with Gasteiger partial charge in [-0.05, 0) is 55.2 Å². The molecule has 0 atom stereocenters. The lowest BCUT2D eigenvalue weighted by Gasteiger charge is -2.30. The van der Waals surface area contributed by atoms with Crippen LogP contribution >= 0.6 is 36.4 Å². The Morgan fingerprint density at radius 1 is 1.04 bits per heavy atom. The third-order valence-electron chi connectivity index (χ3n) is 4.27. The maximum absolute atomic E-state index is 12.4. The number of nitrogen functional groups attached to an aromatic ring is 1. The molecule has 1 amide bonds. The van der Waals surface area contributed by atoms with E-state index in [1.807, 2.05) is 30.3 Å². The predicted octanol–water partition coefficient (Wildman–Crippen LogP) is 4.94. The van der Waals surface area contributed by atoms with Gasteiger partial charge < -0.3 is 16.0 Å². The first-order valence-corrected chi connectivity index (χ1v) is 8.68. The van der Waals surface area contributed by atoms with E-state index in [4.69, 9.17) is 17.3 Å². The number of halogens is 3. The van der Waals surface area contributed by atoms with Crippen molar-refractivity contribution in [1.29, 1.82) is 0 Å². The van der Waals surface area contributed by atoms with Crippen LogP contribution in [-0.2, 0) is 11.2 Å². The number of amides is 1. The Kier molecular flexibility index (Phi) is 9.06. The summed E-state index contributed by atoms with van der Waals surface area (Å²) in [7, 11) is 0. The van der Waals surface area contributed by atoms with Crippen molar-refractivity contribution in [1.82, 2.24) is 0 Å². The van der Waals surface area contributed by atoms with Crippen LogP contribution < -0.4 is 16.0 Å². The molecule has 7 heteroatoms. The monoisotopic (exact) mass is 415 g/mol. The molecule has 0 aliphatic carbocycles. The van der Waals surface area contributed by atoms with Crippen molar-refractivity contribution < 1.29 is 4.79 Å². The zero-order valence-electron chi connectivity index (χ0n) is 14.4. The fraction of sp³-hybridized carbons (Fsp3) is 0.316. The van der Waals surface area contributed by atoms with Crippen LogP contribution in [0.3, 0.4) is 0 Å². The summed E-state index contributed by atoms with van der Waals surface area (Å²) in [5, 5.41) is 3.64. The number of hydrogen-bond donors (Lipinski definition) is 2. The van der Waals surface area contributed by atoms with Crippen molar-refractivity contribution >= 4 is 59.4 Å². The highest BCUT2D eigenvalue weighted by Gasteiger charge is 2.16. The minimum Gasteiger partial charge on any atom is -0.399 e. The van der Waals surface area contributed by atoms with E-state index in [-0.39, 0.29) is 30.7 Å². The molecule has 2 aromatic rings. The lowest BCUT2D eigenvalue weighted by molar-refractivity contribution is -0.115. The zero-order valence-corrected chi connectivity index (χ0v) is 16.8. The summed E-state index contributed by atoms with van der Waals surface area (Å²) in [4.78, 5) is 14.7. The first kappa shape index (κ1) is 22.4. The van der Waals surface area contributed by atoms with Crippen LogP contribution in [0.15, 0.2) is 42.5 Å². The molecule has 1 fully saturated rings. The van der Waals surface area contributed by atoms with E-state index in [0.717, 1.165) is 30.0 Å². The van der Waals surface area contributed by atoms with Gasteiger partial charge in [0.25, 0.3) is 0 Å². The summed E-state index contributed by atoms with van der Waals surface area (Å²) in [5.74, 6) is -0.0553.